The second-order valence-electron chi connectivity index (χ2n) is 4.21. The van der Waals surface area contributed by atoms with Crippen LogP contribution in [0.4, 0.5) is 0 Å². The van der Waals surface area contributed by atoms with E-state index in [-0.39, 0.29) is 0 Å². The molecule has 0 aliphatic carbocycles. The lowest BCUT2D eigenvalue weighted by Crippen LogP contribution is -2.27. The molecule has 0 saturated carbocycles. The quantitative estimate of drug-likeness (QED) is 0.764. The molecule has 0 aliphatic rings. The molecule has 16 heavy (non-hydrogen) atoms. The second-order valence-corrected chi connectivity index (χ2v) is 4.21. The third kappa shape index (κ3) is 4.23. The summed E-state index contributed by atoms with van der Waals surface area (Å²) >= 11 is 0. The first-order chi connectivity index (χ1) is 7.77. The number of rotatable bonds is 7. The van der Waals surface area contributed by atoms with E-state index in [2.05, 4.69) is 31.3 Å². The van der Waals surface area contributed by atoms with E-state index in [0.717, 1.165) is 18.7 Å². The summed E-state index contributed by atoms with van der Waals surface area (Å²) in [4.78, 5) is 0. The van der Waals surface area contributed by atoms with Crippen molar-refractivity contribution in [3.8, 4) is 5.75 Å². The summed E-state index contributed by atoms with van der Waals surface area (Å²) < 4.78 is 5.32. The molecule has 0 saturated heterocycles. The van der Waals surface area contributed by atoms with E-state index < -0.39 is 0 Å². The Morgan fingerprint density at radius 1 is 1.31 bits per heavy atom. The molecule has 0 aliphatic heterocycles. The first-order valence-corrected chi connectivity index (χ1v) is 6.13. The lowest BCUT2D eigenvalue weighted by Gasteiger charge is -2.13. The first-order valence-electron chi connectivity index (χ1n) is 6.13. The van der Waals surface area contributed by atoms with Crippen molar-refractivity contribution in [3.63, 3.8) is 0 Å². The molecule has 0 aromatic heterocycles. The van der Waals surface area contributed by atoms with Crippen LogP contribution in [-0.2, 0) is 6.42 Å². The van der Waals surface area contributed by atoms with Crippen LogP contribution in [0.25, 0.3) is 0 Å². The maximum atomic E-state index is 5.32. The SMILES string of the molecule is CCCC(C)NCCc1ccccc1OC. The summed E-state index contributed by atoms with van der Waals surface area (Å²) in [7, 11) is 1.73. The Morgan fingerprint density at radius 3 is 2.75 bits per heavy atom. The van der Waals surface area contributed by atoms with Crippen molar-refractivity contribution in [2.75, 3.05) is 13.7 Å². The van der Waals surface area contributed by atoms with Crippen LogP contribution in [-0.4, -0.2) is 19.7 Å². The molecule has 2 nitrogen and oxygen atoms in total. The molecule has 1 aromatic carbocycles. The lowest BCUT2D eigenvalue weighted by atomic mass is 10.1. The van der Waals surface area contributed by atoms with Gasteiger partial charge in [0, 0.05) is 6.04 Å². The van der Waals surface area contributed by atoms with Gasteiger partial charge in [0.2, 0.25) is 0 Å². The van der Waals surface area contributed by atoms with E-state index in [1.165, 1.54) is 18.4 Å². The van der Waals surface area contributed by atoms with Crippen molar-refractivity contribution in [3.05, 3.63) is 29.8 Å². The van der Waals surface area contributed by atoms with E-state index in [4.69, 9.17) is 4.74 Å². The molecule has 0 heterocycles. The van der Waals surface area contributed by atoms with Crippen LogP contribution >= 0.6 is 0 Å². The summed E-state index contributed by atoms with van der Waals surface area (Å²) in [6, 6.07) is 8.83. The van der Waals surface area contributed by atoms with Gasteiger partial charge in [-0.2, -0.15) is 0 Å². The van der Waals surface area contributed by atoms with Crippen LogP contribution in [0.2, 0.25) is 0 Å². The molecule has 1 rings (SSSR count). The zero-order valence-electron chi connectivity index (χ0n) is 10.6. The highest BCUT2D eigenvalue weighted by Crippen LogP contribution is 2.17. The van der Waals surface area contributed by atoms with Crippen LogP contribution < -0.4 is 10.1 Å². The smallest absolute Gasteiger partial charge is 0.122 e. The van der Waals surface area contributed by atoms with Gasteiger partial charge in [0.1, 0.15) is 5.75 Å². The Kier molecular flexibility index (Phi) is 5.94. The van der Waals surface area contributed by atoms with Crippen molar-refractivity contribution in [1.29, 1.82) is 0 Å². The molecule has 1 N–H and O–H groups in total. The Hall–Kier alpha value is -1.02. The molecule has 0 bridgehead atoms. The van der Waals surface area contributed by atoms with Crippen LogP contribution in [0.3, 0.4) is 0 Å². The molecular weight excluding hydrogens is 198 g/mol. The Bertz CT molecular complexity index is 299. The average Bonchev–Trinajstić information content (AvgIpc) is 2.30. The maximum absolute atomic E-state index is 5.32. The highest BCUT2D eigenvalue weighted by Gasteiger charge is 2.02. The third-order valence-corrected chi connectivity index (χ3v) is 2.80. The van der Waals surface area contributed by atoms with Crippen molar-refractivity contribution >= 4 is 0 Å². The summed E-state index contributed by atoms with van der Waals surface area (Å²) in [5, 5.41) is 3.53. The summed E-state index contributed by atoms with van der Waals surface area (Å²) in [5.74, 6) is 0.993. The zero-order valence-corrected chi connectivity index (χ0v) is 10.6. The molecule has 1 unspecified atom stereocenters. The molecule has 1 atom stereocenters. The largest absolute Gasteiger partial charge is 0.496 e. The molecule has 90 valence electrons. The van der Waals surface area contributed by atoms with E-state index in [1.54, 1.807) is 7.11 Å². The highest BCUT2D eigenvalue weighted by molar-refractivity contribution is 5.33. The number of benzene rings is 1. The van der Waals surface area contributed by atoms with Crippen LogP contribution in [0.1, 0.15) is 32.3 Å². The summed E-state index contributed by atoms with van der Waals surface area (Å²) in [5.41, 5.74) is 1.28. The third-order valence-electron chi connectivity index (χ3n) is 2.80. The van der Waals surface area contributed by atoms with Crippen molar-refractivity contribution in [1.82, 2.24) is 5.32 Å². The van der Waals surface area contributed by atoms with Crippen LogP contribution in [0.5, 0.6) is 5.75 Å². The van der Waals surface area contributed by atoms with Gasteiger partial charge in [-0.15, -0.1) is 0 Å². The molecule has 0 radical (unpaired) electrons. The number of hydrogen-bond donors (Lipinski definition) is 1. The predicted molar refractivity (Wildman–Crippen MR) is 69.1 cm³/mol. The maximum Gasteiger partial charge on any atom is 0.122 e. The fourth-order valence-electron chi connectivity index (χ4n) is 1.90. The lowest BCUT2D eigenvalue weighted by molar-refractivity contribution is 0.408. The highest BCUT2D eigenvalue weighted by atomic mass is 16.5. The molecular formula is C14H23NO. The van der Waals surface area contributed by atoms with Gasteiger partial charge in [0.25, 0.3) is 0 Å². The number of hydrogen-bond acceptors (Lipinski definition) is 2. The molecule has 0 amide bonds. The Morgan fingerprint density at radius 2 is 2.06 bits per heavy atom. The van der Waals surface area contributed by atoms with Gasteiger partial charge >= 0.3 is 0 Å². The van der Waals surface area contributed by atoms with Gasteiger partial charge in [0.15, 0.2) is 0 Å². The molecule has 0 spiro atoms. The second kappa shape index (κ2) is 7.29. The number of methoxy groups -OCH3 is 1. The zero-order chi connectivity index (χ0) is 11.8. The van der Waals surface area contributed by atoms with E-state index in [0.29, 0.717) is 6.04 Å². The first kappa shape index (κ1) is 13.0. The van der Waals surface area contributed by atoms with Crippen LogP contribution in [0.15, 0.2) is 24.3 Å². The predicted octanol–water partition coefficient (Wildman–Crippen LogP) is 3.02. The van der Waals surface area contributed by atoms with E-state index >= 15 is 0 Å². The molecule has 0 fully saturated rings. The Balaban J connectivity index is 2.36. The minimum Gasteiger partial charge on any atom is -0.496 e. The fraction of sp³-hybridized carbons (Fsp3) is 0.571. The van der Waals surface area contributed by atoms with Gasteiger partial charge in [-0.1, -0.05) is 31.5 Å². The van der Waals surface area contributed by atoms with Gasteiger partial charge in [-0.05, 0) is 37.9 Å². The monoisotopic (exact) mass is 221 g/mol. The van der Waals surface area contributed by atoms with E-state index in [1.807, 2.05) is 12.1 Å². The van der Waals surface area contributed by atoms with E-state index in [9.17, 15) is 0 Å². The topological polar surface area (TPSA) is 21.3 Å². The number of ether oxygens (including phenoxy) is 1. The van der Waals surface area contributed by atoms with Crippen molar-refractivity contribution < 1.29 is 4.74 Å². The Labute approximate surface area is 99.0 Å². The normalized spacial score (nSPS) is 12.4. The number of para-hydroxylation sites is 1. The summed E-state index contributed by atoms with van der Waals surface area (Å²) in [6.07, 6.45) is 3.51. The number of nitrogens with one attached hydrogen (secondary N) is 1. The minimum atomic E-state index is 0.611. The van der Waals surface area contributed by atoms with Gasteiger partial charge in [0.05, 0.1) is 7.11 Å². The van der Waals surface area contributed by atoms with Gasteiger partial charge in [-0.25, -0.2) is 0 Å². The molecule has 1 aromatic rings. The standard InChI is InChI=1S/C14H23NO/c1-4-7-12(2)15-11-10-13-8-5-6-9-14(13)16-3/h5-6,8-9,12,15H,4,7,10-11H2,1-3H3. The summed E-state index contributed by atoms with van der Waals surface area (Å²) in [6.45, 7) is 5.48. The minimum absolute atomic E-state index is 0.611. The fourth-order valence-corrected chi connectivity index (χ4v) is 1.90. The molecule has 2 heteroatoms. The van der Waals surface area contributed by atoms with Crippen molar-refractivity contribution in [2.45, 2.75) is 39.2 Å². The van der Waals surface area contributed by atoms with Crippen LogP contribution in [0, 0.1) is 0 Å². The van der Waals surface area contributed by atoms with Gasteiger partial charge in [-0.3, -0.25) is 0 Å². The van der Waals surface area contributed by atoms with Crippen molar-refractivity contribution in [2.24, 2.45) is 0 Å². The van der Waals surface area contributed by atoms with Gasteiger partial charge < -0.3 is 10.1 Å². The average molecular weight is 221 g/mol.